The van der Waals surface area contributed by atoms with E-state index in [1.54, 1.807) is 0 Å². The summed E-state index contributed by atoms with van der Waals surface area (Å²) in [6.45, 7) is 2.27. The minimum atomic E-state index is -0.653. The van der Waals surface area contributed by atoms with E-state index in [1.807, 2.05) is 0 Å². The average molecular weight is 509 g/mol. The predicted molar refractivity (Wildman–Crippen MR) is 87.2 cm³/mol. The minimum absolute atomic E-state index is 0. The Morgan fingerprint density at radius 3 is 1.14 bits per heavy atom. The van der Waals surface area contributed by atoms with Gasteiger partial charge in [0.2, 0.25) is 0 Å². The van der Waals surface area contributed by atoms with Gasteiger partial charge in [-0.05, 0) is 6.42 Å². The molecule has 0 heterocycles. The molecule has 4 heteroatoms. The van der Waals surface area contributed by atoms with Gasteiger partial charge in [-0.3, -0.25) is 4.79 Å². The zero-order valence-corrected chi connectivity index (χ0v) is 23.2. The molecule has 1 N–H and O–H groups in total. The molecule has 0 aliphatic rings. The summed E-state index contributed by atoms with van der Waals surface area (Å²) < 4.78 is 0. The van der Waals surface area contributed by atoms with Gasteiger partial charge in [0.1, 0.15) is 0 Å². The number of hydrogen-bond acceptors (Lipinski definition) is 1. The van der Waals surface area contributed by atoms with E-state index in [1.165, 1.54) is 83.5 Å². The number of aliphatic carboxylic acids is 1. The Morgan fingerprint density at radius 1 is 0.591 bits per heavy atom. The van der Waals surface area contributed by atoms with Crippen molar-refractivity contribution in [1.82, 2.24) is 0 Å². The number of hydrogen-bond donors (Lipinski definition) is 1. The maximum absolute atomic E-state index is 10.3. The molecule has 0 rings (SSSR count). The van der Waals surface area contributed by atoms with E-state index in [9.17, 15) is 4.79 Å². The topological polar surface area (TPSA) is 37.3 Å². The molecule has 0 saturated carbocycles. The smallest absolute Gasteiger partial charge is 0.303 e. The summed E-state index contributed by atoms with van der Waals surface area (Å²) in [5.41, 5.74) is 0. The van der Waals surface area contributed by atoms with Crippen LogP contribution in [0.4, 0.5) is 0 Å². The first-order valence-electron chi connectivity index (χ1n) is 8.99. The third-order valence-electron chi connectivity index (χ3n) is 3.99. The summed E-state index contributed by atoms with van der Waals surface area (Å²) in [7, 11) is 0. The second-order valence-corrected chi connectivity index (χ2v) is 6.09. The van der Waals surface area contributed by atoms with E-state index in [0.29, 0.717) is 6.42 Å². The summed E-state index contributed by atoms with van der Waals surface area (Å²) >= 11 is 0. The van der Waals surface area contributed by atoms with Crippen molar-refractivity contribution >= 4 is 5.97 Å². The van der Waals surface area contributed by atoms with Crippen molar-refractivity contribution in [3.05, 3.63) is 0 Å². The SMILES string of the molecule is CCCCCCCCCCCCCCCCCC(=O)O.[Cd].[Cd]. The Labute approximate surface area is 178 Å². The van der Waals surface area contributed by atoms with Crippen LogP contribution in [0.1, 0.15) is 110 Å². The normalized spacial score (nSPS) is 9.86. The molecule has 0 aromatic heterocycles. The molecular weight excluding hydrogens is 473 g/mol. The van der Waals surface area contributed by atoms with Gasteiger partial charge in [-0.25, -0.2) is 0 Å². The van der Waals surface area contributed by atoms with Gasteiger partial charge in [0, 0.05) is 61.0 Å². The van der Waals surface area contributed by atoms with Crippen LogP contribution >= 0.6 is 0 Å². The van der Waals surface area contributed by atoms with Gasteiger partial charge in [-0.2, -0.15) is 0 Å². The van der Waals surface area contributed by atoms with Crippen LogP contribution in [0.2, 0.25) is 0 Å². The van der Waals surface area contributed by atoms with Gasteiger partial charge in [0.15, 0.2) is 0 Å². The monoisotopic (exact) mass is 512 g/mol. The van der Waals surface area contributed by atoms with Crippen molar-refractivity contribution in [2.24, 2.45) is 0 Å². The molecule has 124 valence electrons. The van der Waals surface area contributed by atoms with Crippen molar-refractivity contribution in [3.63, 3.8) is 0 Å². The molecule has 0 spiro atoms. The van der Waals surface area contributed by atoms with Gasteiger partial charge in [-0.1, -0.05) is 96.8 Å². The summed E-state index contributed by atoms with van der Waals surface area (Å²) in [5.74, 6) is -0.653. The zero-order chi connectivity index (χ0) is 14.9. The summed E-state index contributed by atoms with van der Waals surface area (Å²) in [5, 5.41) is 8.52. The van der Waals surface area contributed by atoms with E-state index in [2.05, 4.69) is 6.92 Å². The summed E-state index contributed by atoms with van der Waals surface area (Å²) in [6, 6.07) is 0. The number of unbranched alkanes of at least 4 members (excludes halogenated alkanes) is 14. The van der Waals surface area contributed by atoms with Gasteiger partial charge >= 0.3 is 5.97 Å². The summed E-state index contributed by atoms with van der Waals surface area (Å²) in [4.78, 5) is 10.3. The Balaban J connectivity index is -0.00000180. The van der Waals surface area contributed by atoms with Crippen molar-refractivity contribution in [2.75, 3.05) is 0 Å². The third-order valence-corrected chi connectivity index (χ3v) is 3.99. The average Bonchev–Trinajstić information content (AvgIpc) is 2.43. The van der Waals surface area contributed by atoms with E-state index < -0.39 is 5.97 Å². The van der Waals surface area contributed by atoms with Crippen LogP contribution in [0.15, 0.2) is 0 Å². The van der Waals surface area contributed by atoms with Crippen molar-refractivity contribution < 1.29 is 64.5 Å². The van der Waals surface area contributed by atoms with Crippen LogP contribution in [0, 0.1) is 0 Å². The van der Waals surface area contributed by atoms with Crippen LogP contribution < -0.4 is 0 Å². The Hall–Kier alpha value is 1.31. The molecule has 0 bridgehead atoms. The zero-order valence-electron chi connectivity index (χ0n) is 15.1. The van der Waals surface area contributed by atoms with E-state index in [4.69, 9.17) is 5.11 Å². The fourth-order valence-electron chi connectivity index (χ4n) is 2.65. The molecule has 0 fully saturated rings. The number of carboxylic acid groups (broad SMARTS) is 1. The standard InChI is InChI=1S/C18H36O2.2Cd/c1-2-3-4-5-6-7-8-9-10-11-12-13-14-15-16-17-18(19)20;;/h2-17H2,1H3,(H,19,20);;. The van der Waals surface area contributed by atoms with Gasteiger partial charge in [-0.15, -0.1) is 0 Å². The molecule has 0 saturated heterocycles. The quantitative estimate of drug-likeness (QED) is 0.195. The van der Waals surface area contributed by atoms with Crippen LogP contribution in [0.3, 0.4) is 0 Å². The molecule has 0 radical (unpaired) electrons. The molecular formula is C18H36Cd2O2. The largest absolute Gasteiger partial charge is 0.481 e. The molecule has 22 heavy (non-hydrogen) atoms. The summed E-state index contributed by atoms with van der Waals surface area (Å²) in [6.07, 6.45) is 20.2. The third kappa shape index (κ3) is 26.2. The molecule has 0 aromatic carbocycles. The number of carbonyl (C=O) groups is 1. The maximum Gasteiger partial charge on any atom is 0.303 e. The van der Waals surface area contributed by atoms with Crippen molar-refractivity contribution in [3.8, 4) is 0 Å². The predicted octanol–water partition coefficient (Wildman–Crippen LogP) is 6.33. The first-order chi connectivity index (χ1) is 9.77. The molecule has 2 nitrogen and oxygen atoms in total. The van der Waals surface area contributed by atoms with Crippen LogP contribution in [0.25, 0.3) is 0 Å². The first-order valence-corrected chi connectivity index (χ1v) is 8.99. The Kier molecular flexibility index (Phi) is 31.4. The number of carboxylic acids is 1. The molecule has 0 amide bonds. The van der Waals surface area contributed by atoms with E-state index >= 15 is 0 Å². The van der Waals surface area contributed by atoms with Gasteiger partial charge in [0.05, 0.1) is 0 Å². The molecule has 0 unspecified atom stereocenters. The first kappa shape index (κ1) is 28.1. The van der Waals surface area contributed by atoms with Gasteiger partial charge < -0.3 is 5.11 Å². The van der Waals surface area contributed by atoms with E-state index in [0.717, 1.165) is 12.8 Å². The van der Waals surface area contributed by atoms with Crippen LogP contribution in [0.5, 0.6) is 0 Å². The maximum atomic E-state index is 10.3. The number of rotatable bonds is 16. The van der Waals surface area contributed by atoms with Crippen LogP contribution in [-0.2, 0) is 59.4 Å². The Morgan fingerprint density at radius 2 is 0.864 bits per heavy atom. The Bertz CT molecular complexity index is 211. The van der Waals surface area contributed by atoms with Crippen molar-refractivity contribution in [1.29, 1.82) is 0 Å². The van der Waals surface area contributed by atoms with Crippen LogP contribution in [-0.4, -0.2) is 11.1 Å². The second kappa shape index (κ2) is 24.6. The van der Waals surface area contributed by atoms with Gasteiger partial charge in [0.25, 0.3) is 0 Å². The molecule has 0 atom stereocenters. The second-order valence-electron chi connectivity index (χ2n) is 6.09. The fraction of sp³-hybridized carbons (Fsp3) is 0.944. The van der Waals surface area contributed by atoms with Crippen molar-refractivity contribution in [2.45, 2.75) is 110 Å². The fourth-order valence-corrected chi connectivity index (χ4v) is 2.65. The molecule has 0 aliphatic heterocycles. The van der Waals surface area contributed by atoms with E-state index in [-0.39, 0.29) is 54.6 Å². The molecule has 0 aromatic rings. The minimum Gasteiger partial charge on any atom is -0.481 e. The molecule has 0 aliphatic carbocycles.